The van der Waals surface area contributed by atoms with Crippen LogP contribution in [0.5, 0.6) is 5.75 Å². The number of methoxy groups -OCH3 is 1. The first kappa shape index (κ1) is 28.3. The summed E-state index contributed by atoms with van der Waals surface area (Å²) in [6.45, 7) is 0.883. The number of amides is 2. The van der Waals surface area contributed by atoms with Crippen molar-refractivity contribution in [2.45, 2.75) is 51.7 Å². The number of aromatic nitrogens is 4. The van der Waals surface area contributed by atoms with E-state index < -0.39 is 28.9 Å². The molecule has 0 radical (unpaired) electrons. The Hall–Kier alpha value is -4.81. The normalized spacial score (nSPS) is 22.1. The van der Waals surface area contributed by atoms with Gasteiger partial charge in [-0.3, -0.25) is 19.0 Å². The van der Waals surface area contributed by atoms with Crippen molar-refractivity contribution in [3.63, 3.8) is 0 Å². The Balaban J connectivity index is 0.00000230. The lowest BCUT2D eigenvalue weighted by molar-refractivity contribution is -0.162. The standard InChI is InChI=1S/C30H32FN7O5.2H2/c1-42-28(41)30-7-4-29(5-8-30,6-9-30)17-35-27(40)21-13-20(36-25(37-21)19(31)14-32)26(39)34-15-18-2-3-23-22(12-18)38-11-10-33-24(38)16-43-23;;/h2-3,10-14H,4-9,15-17,32H2,1H3,(H,34,39)(H,35,40);2*1H/b19-14+;;. The Morgan fingerprint density at radius 3 is 2.47 bits per heavy atom. The third-order valence-electron chi connectivity index (χ3n) is 9.01. The van der Waals surface area contributed by atoms with E-state index in [-0.39, 0.29) is 32.2 Å². The molecule has 4 N–H and O–H groups in total. The molecule has 4 aliphatic rings. The molecule has 43 heavy (non-hydrogen) atoms. The Bertz CT molecular complexity index is 1620. The molecule has 0 atom stereocenters. The van der Waals surface area contributed by atoms with Gasteiger partial charge in [0.1, 0.15) is 23.7 Å². The highest BCUT2D eigenvalue weighted by atomic mass is 19.1. The number of benzene rings is 1. The summed E-state index contributed by atoms with van der Waals surface area (Å²) in [6.07, 6.45) is 8.70. The van der Waals surface area contributed by atoms with Crippen LogP contribution in [0.2, 0.25) is 0 Å². The zero-order chi connectivity index (χ0) is 30.2. The predicted molar refractivity (Wildman–Crippen MR) is 156 cm³/mol. The van der Waals surface area contributed by atoms with E-state index in [0.29, 0.717) is 44.4 Å². The van der Waals surface area contributed by atoms with E-state index in [1.54, 1.807) is 6.20 Å². The van der Waals surface area contributed by atoms with Crippen molar-refractivity contribution >= 4 is 23.6 Å². The molecule has 228 valence electrons. The molecule has 7 rings (SSSR count). The number of hydrogen-bond donors (Lipinski definition) is 3. The van der Waals surface area contributed by atoms with Gasteiger partial charge in [0, 0.05) is 40.6 Å². The van der Waals surface area contributed by atoms with Crippen molar-refractivity contribution in [3.8, 4) is 11.4 Å². The van der Waals surface area contributed by atoms with Crippen LogP contribution in [0.4, 0.5) is 4.39 Å². The minimum Gasteiger partial charge on any atom is -0.483 e. The summed E-state index contributed by atoms with van der Waals surface area (Å²) in [4.78, 5) is 51.0. The molecule has 3 fully saturated rings. The van der Waals surface area contributed by atoms with E-state index >= 15 is 0 Å². The largest absolute Gasteiger partial charge is 0.483 e. The minimum absolute atomic E-state index is 0. The number of carbonyl (C=O) groups excluding carboxylic acids is 3. The molecule has 3 heterocycles. The van der Waals surface area contributed by atoms with Gasteiger partial charge in [0.05, 0.1) is 18.2 Å². The summed E-state index contributed by atoms with van der Waals surface area (Å²) in [7, 11) is 1.42. The molecule has 0 saturated heterocycles. The zero-order valence-electron chi connectivity index (χ0n) is 23.7. The molecule has 3 aliphatic carbocycles. The van der Waals surface area contributed by atoms with Crippen LogP contribution in [0.15, 0.2) is 42.9 Å². The van der Waals surface area contributed by atoms with E-state index in [0.717, 1.165) is 36.3 Å². The molecule has 3 saturated carbocycles. The van der Waals surface area contributed by atoms with E-state index in [4.69, 9.17) is 15.2 Å². The summed E-state index contributed by atoms with van der Waals surface area (Å²) >= 11 is 0. The Kier molecular flexibility index (Phi) is 7.32. The summed E-state index contributed by atoms with van der Waals surface area (Å²) in [6, 6.07) is 6.76. The molecule has 1 aliphatic heterocycles. The molecule has 0 spiro atoms. The van der Waals surface area contributed by atoms with E-state index in [1.807, 2.05) is 29.0 Å². The molecule has 2 aromatic heterocycles. The number of nitrogens with zero attached hydrogens (tertiary/aromatic N) is 4. The molecule has 3 aromatic rings. The van der Waals surface area contributed by atoms with Crippen molar-refractivity contribution in [3.05, 3.63) is 71.5 Å². The number of rotatable bonds is 8. The maximum Gasteiger partial charge on any atom is 0.311 e. The number of hydrogen-bond acceptors (Lipinski definition) is 9. The van der Waals surface area contributed by atoms with Gasteiger partial charge in [-0.1, -0.05) is 6.07 Å². The van der Waals surface area contributed by atoms with Gasteiger partial charge >= 0.3 is 5.97 Å². The number of esters is 1. The summed E-state index contributed by atoms with van der Waals surface area (Å²) < 4.78 is 27.2. The van der Waals surface area contributed by atoms with Crippen LogP contribution >= 0.6 is 0 Å². The second kappa shape index (κ2) is 11.1. The lowest BCUT2D eigenvalue weighted by Gasteiger charge is -2.51. The number of fused-ring (bicyclic) bond motifs is 6. The highest BCUT2D eigenvalue weighted by Gasteiger charge is 2.53. The van der Waals surface area contributed by atoms with Crippen LogP contribution < -0.4 is 21.1 Å². The van der Waals surface area contributed by atoms with Crippen LogP contribution in [0.25, 0.3) is 11.5 Å². The van der Waals surface area contributed by atoms with Gasteiger partial charge in [-0.05, 0) is 61.6 Å². The fraction of sp³-hybridized carbons (Fsp3) is 0.400. The van der Waals surface area contributed by atoms with Gasteiger partial charge in [0.2, 0.25) is 0 Å². The highest BCUT2D eigenvalue weighted by Crippen LogP contribution is 2.57. The molecule has 0 unspecified atom stereocenters. The first-order valence-corrected chi connectivity index (χ1v) is 14.1. The van der Waals surface area contributed by atoms with Crippen molar-refractivity contribution in [2.24, 2.45) is 16.6 Å². The monoisotopic (exact) mass is 593 g/mol. The quantitative estimate of drug-likeness (QED) is 0.332. The molecule has 2 amide bonds. The van der Waals surface area contributed by atoms with E-state index in [2.05, 4.69) is 25.6 Å². The van der Waals surface area contributed by atoms with Gasteiger partial charge in [-0.15, -0.1) is 0 Å². The van der Waals surface area contributed by atoms with Crippen LogP contribution in [0.3, 0.4) is 0 Å². The van der Waals surface area contributed by atoms with Crippen LogP contribution in [0.1, 0.15) is 79.6 Å². The molecule has 1 aromatic carbocycles. The smallest absolute Gasteiger partial charge is 0.311 e. The minimum atomic E-state index is -0.966. The predicted octanol–water partition coefficient (Wildman–Crippen LogP) is 3.45. The Morgan fingerprint density at radius 1 is 1.09 bits per heavy atom. The van der Waals surface area contributed by atoms with Gasteiger partial charge in [0.15, 0.2) is 17.5 Å². The maximum absolute atomic E-state index is 14.5. The average molecular weight is 594 g/mol. The SMILES string of the molecule is COC(=O)C12CCC(CNC(=O)c3cc(C(=O)NCc4ccc5c(c4)-n4ccnc4CO5)nc(/C(F)=C\N)n3)(CC1)CC2.[HH].[HH]. The number of ether oxygens (including phenoxy) is 2. The van der Waals surface area contributed by atoms with Gasteiger partial charge < -0.3 is 25.8 Å². The van der Waals surface area contributed by atoms with Gasteiger partial charge in [-0.25, -0.2) is 19.3 Å². The summed E-state index contributed by atoms with van der Waals surface area (Å²) in [5, 5.41) is 5.69. The molecular formula is C30H36FN7O5. The number of carbonyl (C=O) groups is 3. The first-order chi connectivity index (χ1) is 20.7. The van der Waals surface area contributed by atoms with Crippen molar-refractivity contribution in [1.82, 2.24) is 30.2 Å². The van der Waals surface area contributed by atoms with E-state index in [9.17, 15) is 18.8 Å². The fourth-order valence-corrected chi connectivity index (χ4v) is 6.33. The van der Waals surface area contributed by atoms with Crippen molar-refractivity contribution in [2.75, 3.05) is 13.7 Å². The number of nitrogens with two attached hydrogens (primary N) is 1. The number of halogens is 1. The highest BCUT2D eigenvalue weighted by molar-refractivity contribution is 5.97. The van der Waals surface area contributed by atoms with Crippen LogP contribution in [-0.2, 0) is 22.7 Å². The average Bonchev–Trinajstić information content (AvgIpc) is 3.55. The molecule has 2 bridgehead atoms. The second-order valence-corrected chi connectivity index (χ2v) is 11.4. The number of nitrogens with one attached hydrogen (secondary N) is 2. The summed E-state index contributed by atoms with van der Waals surface area (Å²) in [5.41, 5.74) is 6.03. The lowest BCUT2D eigenvalue weighted by atomic mass is 9.53. The third-order valence-corrected chi connectivity index (χ3v) is 9.01. The topological polar surface area (TPSA) is 163 Å². The molecular weight excluding hydrogens is 557 g/mol. The van der Waals surface area contributed by atoms with Crippen molar-refractivity contribution < 1.29 is 31.1 Å². The van der Waals surface area contributed by atoms with Crippen molar-refractivity contribution in [1.29, 1.82) is 0 Å². The molecule has 13 heteroatoms. The third kappa shape index (κ3) is 5.30. The Morgan fingerprint density at radius 2 is 1.79 bits per heavy atom. The maximum atomic E-state index is 14.5. The van der Waals surface area contributed by atoms with Crippen LogP contribution in [-0.4, -0.2) is 51.0 Å². The lowest BCUT2D eigenvalue weighted by Crippen LogP contribution is -2.50. The van der Waals surface area contributed by atoms with Crippen LogP contribution in [0, 0.1) is 10.8 Å². The van der Waals surface area contributed by atoms with E-state index in [1.165, 1.54) is 13.2 Å². The summed E-state index contributed by atoms with van der Waals surface area (Å²) in [5.74, 6) is -1.29. The van der Waals surface area contributed by atoms with Gasteiger partial charge in [-0.2, -0.15) is 0 Å². The molecule has 12 nitrogen and oxygen atoms in total. The number of imidazole rings is 1. The second-order valence-electron chi connectivity index (χ2n) is 11.4. The fourth-order valence-electron chi connectivity index (χ4n) is 6.33. The first-order valence-electron chi connectivity index (χ1n) is 14.1. The van der Waals surface area contributed by atoms with Gasteiger partial charge in [0.25, 0.3) is 11.8 Å². The zero-order valence-corrected chi connectivity index (χ0v) is 23.7. The Labute approximate surface area is 249 Å².